The van der Waals surface area contributed by atoms with E-state index in [1.165, 1.54) is 11.1 Å². The molecule has 3 rings (SSSR count). The van der Waals surface area contributed by atoms with Crippen LogP contribution in [0.15, 0.2) is 24.3 Å². The first-order valence-corrected chi connectivity index (χ1v) is 10.9. The molecule has 2 heterocycles. The van der Waals surface area contributed by atoms with Gasteiger partial charge in [-0.25, -0.2) is 4.79 Å². The Kier molecular flexibility index (Phi) is 6.64. The summed E-state index contributed by atoms with van der Waals surface area (Å²) >= 11 is 0. The van der Waals surface area contributed by atoms with Crippen LogP contribution in [0.5, 0.6) is 0 Å². The number of aliphatic hydroxyl groups is 1. The maximum Gasteiger partial charge on any atom is 0.405 e. The number of aliphatic hydroxyl groups excluding tert-OH is 1. The highest BCUT2D eigenvalue weighted by molar-refractivity contribution is 5.90. The Balaban J connectivity index is 1.84. The van der Waals surface area contributed by atoms with Gasteiger partial charge >= 0.3 is 6.09 Å². The minimum Gasteiger partial charge on any atom is -0.465 e. The fraction of sp³-hybridized carbons (Fsp3) is 0.652. The van der Waals surface area contributed by atoms with Crippen molar-refractivity contribution in [1.82, 2.24) is 15.5 Å². The zero-order chi connectivity index (χ0) is 23.0. The van der Waals surface area contributed by atoms with E-state index in [-0.39, 0.29) is 12.5 Å². The van der Waals surface area contributed by atoms with Crippen LogP contribution in [0.3, 0.4) is 0 Å². The molecule has 31 heavy (non-hydrogen) atoms. The highest BCUT2D eigenvalue weighted by atomic mass is 16.5. The summed E-state index contributed by atoms with van der Waals surface area (Å²) in [4.78, 5) is 27.4. The molecule has 2 amide bonds. The predicted octanol–water partition coefficient (Wildman–Crippen LogP) is 2.30. The molecule has 8 nitrogen and oxygen atoms in total. The standard InChI is InChI=1S/C23H35N3O5/c1-14(2)10-23(22(3,4)5,25-21(29)30)20(28)24-19-18(17(27)13-31-19)26-11-15-8-6-7-9-16(15)12-26/h6-9,14,17-19,25,27H,10-13H2,1-5H3,(H,24,28)(H,29,30)/t17-,18?,19?,23-/m1/s1. The van der Waals surface area contributed by atoms with Crippen molar-refractivity contribution in [2.24, 2.45) is 11.3 Å². The Morgan fingerprint density at radius 1 is 1.19 bits per heavy atom. The molecule has 0 aromatic heterocycles. The molecule has 1 saturated heterocycles. The number of benzene rings is 1. The Hall–Kier alpha value is -2.16. The van der Waals surface area contributed by atoms with E-state index in [0.29, 0.717) is 19.5 Å². The number of hydrogen-bond donors (Lipinski definition) is 4. The third kappa shape index (κ3) is 4.71. The fourth-order valence-corrected chi connectivity index (χ4v) is 4.82. The normalized spacial score (nSPS) is 25.8. The summed E-state index contributed by atoms with van der Waals surface area (Å²) in [5.41, 5.74) is 0.366. The number of carboxylic acid groups (broad SMARTS) is 1. The molecule has 2 aliphatic heterocycles. The van der Waals surface area contributed by atoms with Gasteiger partial charge in [-0.05, 0) is 28.9 Å². The van der Waals surface area contributed by atoms with Gasteiger partial charge in [-0.3, -0.25) is 9.69 Å². The first-order chi connectivity index (χ1) is 14.4. The van der Waals surface area contributed by atoms with Crippen LogP contribution in [0.25, 0.3) is 0 Å². The molecule has 4 atom stereocenters. The Morgan fingerprint density at radius 2 is 1.77 bits per heavy atom. The number of ether oxygens (including phenoxy) is 1. The lowest BCUT2D eigenvalue weighted by Gasteiger charge is -2.45. The van der Waals surface area contributed by atoms with Crippen LogP contribution in [0.2, 0.25) is 0 Å². The maximum atomic E-state index is 13.6. The van der Waals surface area contributed by atoms with E-state index in [9.17, 15) is 19.8 Å². The van der Waals surface area contributed by atoms with Crippen LogP contribution in [0, 0.1) is 11.3 Å². The highest BCUT2D eigenvalue weighted by Gasteiger charge is 2.52. The van der Waals surface area contributed by atoms with E-state index in [2.05, 4.69) is 27.7 Å². The number of carbonyl (C=O) groups is 2. The summed E-state index contributed by atoms with van der Waals surface area (Å²) in [7, 11) is 0. The Morgan fingerprint density at radius 3 is 2.26 bits per heavy atom. The van der Waals surface area contributed by atoms with Gasteiger partial charge < -0.3 is 25.6 Å². The third-order valence-corrected chi connectivity index (χ3v) is 6.41. The van der Waals surface area contributed by atoms with E-state index in [4.69, 9.17) is 4.74 Å². The first-order valence-electron chi connectivity index (χ1n) is 10.9. The van der Waals surface area contributed by atoms with Crippen molar-refractivity contribution in [3.05, 3.63) is 35.4 Å². The molecule has 0 saturated carbocycles. The fourth-order valence-electron chi connectivity index (χ4n) is 4.82. The third-order valence-electron chi connectivity index (χ3n) is 6.41. The van der Waals surface area contributed by atoms with Crippen molar-refractivity contribution >= 4 is 12.0 Å². The van der Waals surface area contributed by atoms with E-state index < -0.39 is 41.3 Å². The van der Waals surface area contributed by atoms with Gasteiger partial charge in [0.05, 0.1) is 18.8 Å². The largest absolute Gasteiger partial charge is 0.465 e. The first kappa shape index (κ1) is 23.5. The van der Waals surface area contributed by atoms with E-state index in [1.807, 2.05) is 46.8 Å². The average molecular weight is 434 g/mol. The van der Waals surface area contributed by atoms with Crippen molar-refractivity contribution in [2.45, 2.75) is 78.0 Å². The predicted molar refractivity (Wildman–Crippen MR) is 116 cm³/mol. The lowest BCUT2D eigenvalue weighted by atomic mass is 9.68. The molecular weight excluding hydrogens is 398 g/mol. The molecule has 0 radical (unpaired) electrons. The summed E-state index contributed by atoms with van der Waals surface area (Å²) in [6.45, 7) is 10.9. The number of fused-ring (bicyclic) bond motifs is 1. The van der Waals surface area contributed by atoms with Crippen LogP contribution >= 0.6 is 0 Å². The van der Waals surface area contributed by atoms with Crippen LogP contribution in [-0.2, 0) is 22.6 Å². The number of nitrogens with one attached hydrogen (secondary N) is 2. The number of amides is 2. The summed E-state index contributed by atoms with van der Waals surface area (Å²) in [6, 6.07) is 7.69. The van der Waals surface area contributed by atoms with Crippen molar-refractivity contribution in [2.75, 3.05) is 6.61 Å². The monoisotopic (exact) mass is 433 g/mol. The number of rotatable bonds is 6. The van der Waals surface area contributed by atoms with Crippen LogP contribution in [0.1, 0.15) is 52.2 Å². The molecule has 1 fully saturated rings. The van der Waals surface area contributed by atoms with Gasteiger partial charge in [0, 0.05) is 13.1 Å². The topological polar surface area (TPSA) is 111 Å². The average Bonchev–Trinajstić information content (AvgIpc) is 3.22. The molecule has 0 spiro atoms. The maximum absolute atomic E-state index is 13.6. The van der Waals surface area contributed by atoms with E-state index in [1.54, 1.807) is 0 Å². The smallest absolute Gasteiger partial charge is 0.405 e. The van der Waals surface area contributed by atoms with Gasteiger partial charge in [0.25, 0.3) is 0 Å². The molecular formula is C23H35N3O5. The molecule has 1 aromatic rings. The minimum absolute atomic E-state index is 0.0794. The zero-order valence-electron chi connectivity index (χ0n) is 19.0. The summed E-state index contributed by atoms with van der Waals surface area (Å²) in [5.74, 6) is -0.354. The molecule has 2 aliphatic rings. The number of carbonyl (C=O) groups excluding carboxylic acids is 1. The van der Waals surface area contributed by atoms with E-state index >= 15 is 0 Å². The number of hydrogen-bond acceptors (Lipinski definition) is 5. The second-order valence-corrected chi connectivity index (χ2v) is 10.1. The number of nitrogens with zero attached hydrogens (tertiary/aromatic N) is 1. The van der Waals surface area contributed by atoms with Crippen molar-refractivity contribution in [3.8, 4) is 0 Å². The van der Waals surface area contributed by atoms with Crippen LogP contribution < -0.4 is 10.6 Å². The molecule has 172 valence electrons. The second-order valence-electron chi connectivity index (χ2n) is 10.1. The second kappa shape index (κ2) is 8.76. The molecule has 1 aromatic carbocycles. The minimum atomic E-state index is -1.34. The van der Waals surface area contributed by atoms with Crippen LogP contribution in [-0.4, -0.2) is 57.6 Å². The van der Waals surface area contributed by atoms with Crippen molar-refractivity contribution in [3.63, 3.8) is 0 Å². The molecule has 0 aliphatic carbocycles. The van der Waals surface area contributed by atoms with Gasteiger partial charge in [-0.1, -0.05) is 58.9 Å². The lowest BCUT2D eigenvalue weighted by Crippen LogP contribution is -2.68. The van der Waals surface area contributed by atoms with Gasteiger partial charge in [0.2, 0.25) is 5.91 Å². The van der Waals surface area contributed by atoms with Gasteiger partial charge in [0.1, 0.15) is 11.8 Å². The Labute approximate surface area is 184 Å². The van der Waals surface area contributed by atoms with Crippen LogP contribution in [0.4, 0.5) is 4.79 Å². The summed E-state index contributed by atoms with van der Waals surface area (Å²) in [5, 5.41) is 25.6. The summed E-state index contributed by atoms with van der Waals surface area (Å²) in [6.07, 6.45) is -2.39. The van der Waals surface area contributed by atoms with Crippen molar-refractivity contribution < 1.29 is 24.5 Å². The molecule has 4 N–H and O–H groups in total. The van der Waals surface area contributed by atoms with E-state index in [0.717, 1.165) is 0 Å². The highest BCUT2D eigenvalue weighted by Crippen LogP contribution is 2.37. The lowest BCUT2D eigenvalue weighted by molar-refractivity contribution is -0.137. The molecule has 2 unspecified atom stereocenters. The van der Waals surface area contributed by atoms with Gasteiger partial charge in [-0.2, -0.15) is 0 Å². The van der Waals surface area contributed by atoms with Crippen molar-refractivity contribution in [1.29, 1.82) is 0 Å². The molecule has 8 heteroatoms. The SMILES string of the molecule is CC(C)C[C@@](NC(=O)O)(C(=O)NC1OC[C@@H](O)C1N1Cc2ccccc2C1)C(C)(C)C. The quantitative estimate of drug-likeness (QED) is 0.548. The zero-order valence-corrected chi connectivity index (χ0v) is 19.0. The Bertz CT molecular complexity index is 797. The van der Waals surface area contributed by atoms with Gasteiger partial charge in [-0.15, -0.1) is 0 Å². The van der Waals surface area contributed by atoms with Gasteiger partial charge in [0.15, 0.2) is 0 Å². The summed E-state index contributed by atoms with van der Waals surface area (Å²) < 4.78 is 5.78. The molecule has 0 bridgehead atoms.